The highest BCUT2D eigenvalue weighted by atomic mass is 16.4. The monoisotopic (exact) mass is 265 g/mol. The van der Waals surface area contributed by atoms with E-state index < -0.39 is 11.5 Å². The summed E-state index contributed by atoms with van der Waals surface area (Å²) in [7, 11) is 0. The molecular weight excluding hydrogens is 242 g/mol. The van der Waals surface area contributed by atoms with Gasteiger partial charge in [0.25, 0.3) is 0 Å². The van der Waals surface area contributed by atoms with Gasteiger partial charge in [-0.15, -0.1) is 0 Å². The zero-order chi connectivity index (χ0) is 14.1. The Morgan fingerprint density at radius 1 is 1.53 bits per heavy atom. The average Bonchev–Trinajstić information content (AvgIpc) is 2.91. The summed E-state index contributed by atoms with van der Waals surface area (Å²) in [6.07, 6.45) is 5.28. The molecule has 1 heterocycles. The maximum atomic E-state index is 11.7. The molecule has 0 amide bonds. The normalized spacial score (nSPS) is 25.6. The van der Waals surface area contributed by atoms with Crippen LogP contribution in [0.1, 0.15) is 51.6 Å². The molecule has 0 aromatic carbocycles. The number of H-pyrrole nitrogens is 1. The molecule has 2 rings (SSSR count). The Labute approximate surface area is 113 Å². The molecule has 0 saturated heterocycles. The first-order valence-electron chi connectivity index (χ1n) is 6.92. The molecule has 1 fully saturated rings. The minimum absolute atomic E-state index is 0.237. The third-order valence-electron chi connectivity index (χ3n) is 4.49. The van der Waals surface area contributed by atoms with Crippen molar-refractivity contribution in [2.24, 2.45) is 5.41 Å². The van der Waals surface area contributed by atoms with Gasteiger partial charge in [-0.25, -0.2) is 4.98 Å². The highest BCUT2D eigenvalue weighted by molar-refractivity contribution is 5.80. The first-order valence-corrected chi connectivity index (χ1v) is 6.92. The number of hydrogen-bond donors (Lipinski definition) is 3. The van der Waals surface area contributed by atoms with E-state index in [2.05, 4.69) is 22.2 Å². The first kappa shape index (κ1) is 14.1. The van der Waals surface area contributed by atoms with Gasteiger partial charge in [0.1, 0.15) is 11.4 Å². The van der Waals surface area contributed by atoms with Gasteiger partial charge in [-0.3, -0.25) is 10.1 Å². The summed E-state index contributed by atoms with van der Waals surface area (Å²) in [4.78, 5) is 19.2. The van der Waals surface area contributed by atoms with Crippen molar-refractivity contribution in [1.29, 1.82) is 0 Å². The summed E-state index contributed by atoms with van der Waals surface area (Å²) in [5.41, 5.74) is -0.00240. The minimum atomic E-state index is -0.841. The molecule has 1 aliphatic rings. The Hall–Kier alpha value is -1.36. The number of aliphatic carboxylic acids is 1. The molecule has 106 valence electrons. The lowest BCUT2D eigenvalue weighted by molar-refractivity contribution is -0.149. The summed E-state index contributed by atoms with van der Waals surface area (Å²) < 4.78 is 0. The van der Waals surface area contributed by atoms with Crippen molar-refractivity contribution in [3.63, 3.8) is 0 Å². The van der Waals surface area contributed by atoms with Gasteiger partial charge < -0.3 is 10.1 Å². The number of carboxylic acids is 1. The molecule has 1 saturated carbocycles. The van der Waals surface area contributed by atoms with E-state index in [1.165, 1.54) is 0 Å². The largest absolute Gasteiger partial charge is 0.480 e. The number of nitrogens with zero attached hydrogens (tertiary/aromatic N) is 1. The second-order valence-corrected chi connectivity index (χ2v) is 6.01. The van der Waals surface area contributed by atoms with Crippen LogP contribution in [-0.4, -0.2) is 26.6 Å². The van der Waals surface area contributed by atoms with Crippen LogP contribution >= 0.6 is 0 Å². The van der Waals surface area contributed by atoms with Crippen molar-refractivity contribution < 1.29 is 9.90 Å². The maximum absolute atomic E-state index is 11.7. The predicted octanol–water partition coefficient (Wildman–Crippen LogP) is 2.10. The van der Waals surface area contributed by atoms with Gasteiger partial charge in [-0.2, -0.15) is 0 Å². The fourth-order valence-corrected chi connectivity index (χ4v) is 3.06. The number of nitrogens with one attached hydrogen (secondary N) is 2. The Balaban J connectivity index is 2.12. The van der Waals surface area contributed by atoms with E-state index >= 15 is 0 Å². The van der Waals surface area contributed by atoms with Crippen molar-refractivity contribution in [3.8, 4) is 0 Å². The van der Waals surface area contributed by atoms with Crippen LogP contribution in [0.5, 0.6) is 0 Å². The Kier molecular flexibility index (Phi) is 3.67. The standard InChI is InChI=1S/C14H23N3O2/c1-4-10-8-15-11(17-10)9-16-14(12(18)19)7-5-6-13(14,2)3/h8,16H,4-7,9H2,1-3H3,(H,15,17)(H,18,19). The topological polar surface area (TPSA) is 78.0 Å². The van der Waals surface area contributed by atoms with E-state index in [1.54, 1.807) is 0 Å². The summed E-state index contributed by atoms with van der Waals surface area (Å²) in [5.74, 6) is 0.0532. The molecule has 0 spiro atoms. The Bertz CT molecular complexity index is 467. The fraction of sp³-hybridized carbons (Fsp3) is 0.714. The molecule has 1 aromatic heterocycles. The zero-order valence-electron chi connectivity index (χ0n) is 11.9. The van der Waals surface area contributed by atoms with Gasteiger partial charge in [-0.05, 0) is 24.7 Å². The summed E-state index contributed by atoms with van der Waals surface area (Å²) >= 11 is 0. The lowest BCUT2D eigenvalue weighted by Crippen LogP contribution is -2.58. The summed E-state index contributed by atoms with van der Waals surface area (Å²) in [6, 6.07) is 0. The summed E-state index contributed by atoms with van der Waals surface area (Å²) in [5, 5.41) is 12.9. The highest BCUT2D eigenvalue weighted by Gasteiger charge is 2.54. The van der Waals surface area contributed by atoms with Gasteiger partial charge >= 0.3 is 5.97 Å². The number of aromatic nitrogens is 2. The molecule has 19 heavy (non-hydrogen) atoms. The first-order chi connectivity index (χ1) is 8.91. The second kappa shape index (κ2) is 4.96. The number of carboxylic acid groups (broad SMARTS) is 1. The van der Waals surface area contributed by atoms with Crippen LogP contribution in [0.15, 0.2) is 6.20 Å². The van der Waals surface area contributed by atoms with Crippen molar-refractivity contribution >= 4 is 5.97 Å². The number of imidazole rings is 1. The lowest BCUT2D eigenvalue weighted by Gasteiger charge is -2.38. The third kappa shape index (κ3) is 2.39. The molecule has 0 bridgehead atoms. The molecule has 0 aliphatic heterocycles. The number of carbonyl (C=O) groups is 1. The van der Waals surface area contributed by atoms with E-state index in [9.17, 15) is 9.90 Å². The molecule has 3 N–H and O–H groups in total. The highest BCUT2D eigenvalue weighted by Crippen LogP contribution is 2.46. The van der Waals surface area contributed by atoms with E-state index in [4.69, 9.17) is 0 Å². The molecule has 1 aromatic rings. The number of hydrogen-bond acceptors (Lipinski definition) is 3. The van der Waals surface area contributed by atoms with Crippen LogP contribution in [0.3, 0.4) is 0 Å². The van der Waals surface area contributed by atoms with Crippen molar-refractivity contribution in [2.75, 3.05) is 0 Å². The molecule has 1 aliphatic carbocycles. The molecular formula is C14H23N3O2. The fourth-order valence-electron chi connectivity index (χ4n) is 3.06. The quantitative estimate of drug-likeness (QED) is 0.762. The van der Waals surface area contributed by atoms with Crippen LogP contribution in [0.25, 0.3) is 0 Å². The molecule has 0 radical (unpaired) electrons. The summed E-state index contributed by atoms with van der Waals surface area (Å²) in [6.45, 7) is 6.58. The zero-order valence-corrected chi connectivity index (χ0v) is 11.9. The molecule has 1 atom stereocenters. The minimum Gasteiger partial charge on any atom is -0.480 e. The predicted molar refractivity (Wildman–Crippen MR) is 72.8 cm³/mol. The van der Waals surface area contributed by atoms with Gasteiger partial charge in [-0.1, -0.05) is 27.2 Å². The van der Waals surface area contributed by atoms with Gasteiger partial charge in [0.2, 0.25) is 0 Å². The van der Waals surface area contributed by atoms with Crippen LogP contribution in [0.4, 0.5) is 0 Å². The van der Waals surface area contributed by atoms with Crippen molar-refractivity contribution in [3.05, 3.63) is 17.7 Å². The Morgan fingerprint density at radius 3 is 2.74 bits per heavy atom. The third-order valence-corrected chi connectivity index (χ3v) is 4.49. The molecule has 1 unspecified atom stereocenters. The van der Waals surface area contributed by atoms with Gasteiger partial charge in [0.05, 0.1) is 6.54 Å². The van der Waals surface area contributed by atoms with E-state index in [-0.39, 0.29) is 5.41 Å². The number of aromatic amines is 1. The van der Waals surface area contributed by atoms with Gasteiger partial charge in [0.15, 0.2) is 0 Å². The van der Waals surface area contributed by atoms with E-state index in [0.29, 0.717) is 13.0 Å². The van der Waals surface area contributed by atoms with Crippen molar-refractivity contribution in [1.82, 2.24) is 15.3 Å². The van der Waals surface area contributed by atoms with Gasteiger partial charge in [0, 0.05) is 11.9 Å². The van der Waals surface area contributed by atoms with Crippen LogP contribution < -0.4 is 5.32 Å². The van der Waals surface area contributed by atoms with Crippen LogP contribution in [0.2, 0.25) is 0 Å². The van der Waals surface area contributed by atoms with Crippen LogP contribution in [-0.2, 0) is 17.8 Å². The molecule has 5 heteroatoms. The number of aryl methyl sites for hydroxylation is 1. The molecule has 5 nitrogen and oxygen atoms in total. The maximum Gasteiger partial charge on any atom is 0.324 e. The van der Waals surface area contributed by atoms with E-state index in [1.807, 2.05) is 20.0 Å². The Morgan fingerprint density at radius 2 is 2.26 bits per heavy atom. The SMILES string of the molecule is CCc1cnc(CNC2(C(=O)O)CCCC2(C)C)[nH]1. The van der Waals surface area contributed by atoms with Crippen LogP contribution in [0, 0.1) is 5.41 Å². The smallest absolute Gasteiger partial charge is 0.324 e. The van der Waals surface area contributed by atoms with Crippen molar-refractivity contribution in [2.45, 2.75) is 58.5 Å². The average molecular weight is 265 g/mol. The second-order valence-electron chi connectivity index (χ2n) is 6.01. The number of rotatable bonds is 5. The van der Waals surface area contributed by atoms with E-state index in [0.717, 1.165) is 30.8 Å². The lowest BCUT2D eigenvalue weighted by atomic mass is 9.75.